The van der Waals surface area contributed by atoms with Crippen LogP contribution < -0.4 is 4.90 Å². The molecule has 4 rings (SSSR count). The van der Waals surface area contributed by atoms with Crippen LogP contribution in [0.15, 0.2) is 24.5 Å². The van der Waals surface area contributed by atoms with Gasteiger partial charge in [-0.25, -0.2) is 0 Å². The third kappa shape index (κ3) is 3.49. The predicted octanol–water partition coefficient (Wildman–Crippen LogP) is 1.84. The number of aromatic nitrogens is 6. The van der Waals surface area contributed by atoms with E-state index in [-0.39, 0.29) is 5.41 Å². The molecular formula is C19H26N8. The molecule has 0 unspecified atom stereocenters. The zero-order chi connectivity index (χ0) is 19.2. The zero-order valence-electron chi connectivity index (χ0n) is 16.6. The molecule has 0 atom stereocenters. The number of nitrogens with zero attached hydrogens (tertiary/aromatic N) is 8. The second kappa shape index (κ2) is 6.53. The molecule has 1 saturated heterocycles. The summed E-state index contributed by atoms with van der Waals surface area (Å²) in [5, 5.41) is 13.3. The van der Waals surface area contributed by atoms with Gasteiger partial charge in [0.25, 0.3) is 0 Å². The van der Waals surface area contributed by atoms with Crippen molar-refractivity contribution >= 4 is 11.5 Å². The molecule has 4 heterocycles. The lowest BCUT2D eigenvalue weighted by Crippen LogP contribution is -2.58. The summed E-state index contributed by atoms with van der Waals surface area (Å²) < 4.78 is 1.87. The van der Waals surface area contributed by atoms with E-state index in [9.17, 15) is 0 Å². The molecule has 0 amide bonds. The summed E-state index contributed by atoms with van der Waals surface area (Å²) in [6, 6.07) is 4.50. The molecule has 27 heavy (non-hydrogen) atoms. The van der Waals surface area contributed by atoms with E-state index in [1.165, 1.54) is 0 Å². The second-order valence-electron chi connectivity index (χ2n) is 8.36. The SMILES string of the molecule is Cc1cnc(CN(C)C2CN(c3ccc4nnc(C(C)(C)C)n4n3)C2)cn1. The van der Waals surface area contributed by atoms with Gasteiger partial charge in [0.1, 0.15) is 5.82 Å². The first-order valence-electron chi connectivity index (χ1n) is 9.27. The minimum absolute atomic E-state index is 0.0994. The van der Waals surface area contributed by atoms with Crippen LogP contribution in [0.5, 0.6) is 0 Å². The van der Waals surface area contributed by atoms with Crippen LogP contribution in [0.1, 0.15) is 38.0 Å². The quantitative estimate of drug-likeness (QED) is 0.697. The Hall–Kier alpha value is -2.61. The van der Waals surface area contributed by atoms with Gasteiger partial charge in [0.05, 0.1) is 11.4 Å². The van der Waals surface area contributed by atoms with Crippen molar-refractivity contribution < 1.29 is 0 Å². The van der Waals surface area contributed by atoms with Gasteiger partial charge in [0.2, 0.25) is 0 Å². The first-order chi connectivity index (χ1) is 12.8. The molecule has 8 heteroatoms. The topological polar surface area (TPSA) is 75.3 Å². The van der Waals surface area contributed by atoms with Gasteiger partial charge >= 0.3 is 0 Å². The molecule has 8 nitrogen and oxygen atoms in total. The number of likely N-dealkylation sites (N-methyl/N-ethyl adjacent to an activating group) is 1. The smallest absolute Gasteiger partial charge is 0.178 e. The van der Waals surface area contributed by atoms with E-state index in [4.69, 9.17) is 5.10 Å². The highest BCUT2D eigenvalue weighted by molar-refractivity contribution is 5.48. The molecule has 1 aliphatic rings. The van der Waals surface area contributed by atoms with Crippen LogP contribution in [0.25, 0.3) is 5.65 Å². The molecule has 3 aromatic heterocycles. The van der Waals surface area contributed by atoms with E-state index >= 15 is 0 Å². The summed E-state index contributed by atoms with van der Waals surface area (Å²) in [5.41, 5.74) is 2.63. The fourth-order valence-electron chi connectivity index (χ4n) is 3.22. The van der Waals surface area contributed by atoms with Crippen LogP contribution in [0.4, 0.5) is 5.82 Å². The van der Waals surface area contributed by atoms with Crippen LogP contribution in [-0.4, -0.2) is 60.9 Å². The standard InChI is InChI=1S/C19H26N8/c1-13-8-21-14(9-20-13)10-25(5)15-11-26(12-15)17-7-6-16-22-23-18(19(2,3)4)27(16)24-17/h6-9,15H,10-12H2,1-5H3. The summed E-state index contributed by atoms with van der Waals surface area (Å²) in [6.45, 7) is 11.0. The molecule has 0 aliphatic carbocycles. The number of hydrogen-bond acceptors (Lipinski definition) is 7. The average Bonchev–Trinajstić information content (AvgIpc) is 2.99. The number of fused-ring (bicyclic) bond motifs is 1. The summed E-state index contributed by atoms with van der Waals surface area (Å²) in [6.07, 6.45) is 3.68. The molecule has 0 N–H and O–H groups in total. The Morgan fingerprint density at radius 1 is 1.11 bits per heavy atom. The number of anilines is 1. The van der Waals surface area contributed by atoms with Crippen molar-refractivity contribution in [3.63, 3.8) is 0 Å². The molecule has 0 radical (unpaired) electrons. The lowest BCUT2D eigenvalue weighted by molar-refractivity contribution is 0.194. The Bertz CT molecular complexity index is 934. The number of aryl methyl sites for hydroxylation is 1. The van der Waals surface area contributed by atoms with Gasteiger partial charge in [0, 0.05) is 43.5 Å². The van der Waals surface area contributed by atoms with Gasteiger partial charge in [-0.2, -0.15) is 4.52 Å². The number of rotatable bonds is 4. The van der Waals surface area contributed by atoms with Crippen molar-refractivity contribution in [1.29, 1.82) is 0 Å². The van der Waals surface area contributed by atoms with Crippen molar-refractivity contribution in [1.82, 2.24) is 34.7 Å². The molecule has 3 aromatic rings. The van der Waals surface area contributed by atoms with Gasteiger partial charge in [0.15, 0.2) is 11.5 Å². The Morgan fingerprint density at radius 2 is 1.89 bits per heavy atom. The second-order valence-corrected chi connectivity index (χ2v) is 8.36. The van der Waals surface area contributed by atoms with E-state index in [1.807, 2.05) is 36.0 Å². The Kier molecular flexibility index (Phi) is 4.30. The van der Waals surface area contributed by atoms with Crippen LogP contribution in [0.3, 0.4) is 0 Å². The Labute approximate surface area is 159 Å². The minimum atomic E-state index is -0.0994. The first-order valence-corrected chi connectivity index (χ1v) is 9.27. The lowest BCUT2D eigenvalue weighted by atomic mass is 9.96. The third-order valence-electron chi connectivity index (χ3n) is 4.97. The van der Waals surface area contributed by atoms with Gasteiger partial charge < -0.3 is 4.90 Å². The maximum Gasteiger partial charge on any atom is 0.178 e. The Morgan fingerprint density at radius 3 is 2.56 bits per heavy atom. The third-order valence-corrected chi connectivity index (χ3v) is 4.97. The van der Waals surface area contributed by atoms with E-state index in [0.717, 1.165) is 48.3 Å². The van der Waals surface area contributed by atoms with E-state index in [1.54, 1.807) is 0 Å². The maximum atomic E-state index is 4.79. The van der Waals surface area contributed by atoms with Crippen molar-refractivity contribution in [2.45, 2.75) is 45.7 Å². The van der Waals surface area contributed by atoms with E-state index in [2.05, 4.69) is 57.8 Å². The molecule has 1 aliphatic heterocycles. The summed E-state index contributed by atoms with van der Waals surface area (Å²) in [7, 11) is 2.14. The maximum absolute atomic E-state index is 4.79. The summed E-state index contributed by atoms with van der Waals surface area (Å²) in [4.78, 5) is 13.4. The molecular weight excluding hydrogens is 340 g/mol. The van der Waals surface area contributed by atoms with Crippen LogP contribution in [-0.2, 0) is 12.0 Å². The van der Waals surface area contributed by atoms with Gasteiger partial charge in [-0.1, -0.05) is 20.8 Å². The highest BCUT2D eigenvalue weighted by Crippen LogP contribution is 2.25. The van der Waals surface area contributed by atoms with Crippen molar-refractivity contribution in [2.75, 3.05) is 25.0 Å². The van der Waals surface area contributed by atoms with Crippen LogP contribution >= 0.6 is 0 Å². The van der Waals surface area contributed by atoms with Crippen molar-refractivity contribution in [3.05, 3.63) is 41.7 Å². The minimum Gasteiger partial charge on any atom is -0.352 e. The van der Waals surface area contributed by atoms with Gasteiger partial charge in [-0.15, -0.1) is 15.3 Å². The summed E-state index contributed by atoms with van der Waals surface area (Å²) >= 11 is 0. The summed E-state index contributed by atoms with van der Waals surface area (Å²) in [5.74, 6) is 1.85. The van der Waals surface area contributed by atoms with E-state index in [0.29, 0.717) is 6.04 Å². The molecule has 0 spiro atoms. The monoisotopic (exact) mass is 366 g/mol. The van der Waals surface area contributed by atoms with Gasteiger partial charge in [-0.3, -0.25) is 14.9 Å². The Balaban J connectivity index is 1.43. The zero-order valence-corrected chi connectivity index (χ0v) is 16.6. The molecule has 0 bridgehead atoms. The first kappa shape index (κ1) is 17.8. The predicted molar refractivity (Wildman–Crippen MR) is 104 cm³/mol. The van der Waals surface area contributed by atoms with Crippen LogP contribution in [0, 0.1) is 6.92 Å². The van der Waals surface area contributed by atoms with Crippen molar-refractivity contribution in [2.24, 2.45) is 0 Å². The fraction of sp³-hybridized carbons (Fsp3) is 0.526. The largest absolute Gasteiger partial charge is 0.352 e. The fourth-order valence-corrected chi connectivity index (χ4v) is 3.22. The molecule has 0 aromatic carbocycles. The highest BCUT2D eigenvalue weighted by Gasteiger charge is 2.32. The molecule has 142 valence electrons. The highest BCUT2D eigenvalue weighted by atomic mass is 15.4. The number of hydrogen-bond donors (Lipinski definition) is 0. The molecule has 0 saturated carbocycles. The lowest BCUT2D eigenvalue weighted by Gasteiger charge is -2.44. The van der Waals surface area contributed by atoms with E-state index < -0.39 is 0 Å². The average molecular weight is 366 g/mol. The van der Waals surface area contributed by atoms with Gasteiger partial charge in [-0.05, 0) is 26.1 Å². The normalized spacial score (nSPS) is 15.6. The van der Waals surface area contributed by atoms with Crippen LogP contribution in [0.2, 0.25) is 0 Å². The van der Waals surface area contributed by atoms with Crippen molar-refractivity contribution in [3.8, 4) is 0 Å². The molecule has 1 fully saturated rings.